The monoisotopic (exact) mass is 444 g/mol. The van der Waals surface area contributed by atoms with E-state index in [1.807, 2.05) is 60.7 Å². The number of fused-ring (bicyclic) bond motifs is 4. The van der Waals surface area contributed by atoms with E-state index in [-0.39, 0.29) is 17.6 Å². The lowest BCUT2D eigenvalue weighted by Crippen LogP contribution is -2.30. The summed E-state index contributed by atoms with van der Waals surface area (Å²) in [5.74, 6) is 1.19. The van der Waals surface area contributed by atoms with Crippen molar-refractivity contribution in [3.8, 4) is 5.69 Å². The van der Waals surface area contributed by atoms with Gasteiger partial charge in [-0.05, 0) is 30.3 Å². The summed E-state index contributed by atoms with van der Waals surface area (Å²) in [7, 11) is 0. The molecule has 0 amide bonds. The van der Waals surface area contributed by atoms with Crippen LogP contribution in [0.5, 0.6) is 0 Å². The minimum absolute atomic E-state index is 0.0536. The van der Waals surface area contributed by atoms with Crippen LogP contribution in [0.4, 0.5) is 0 Å². The lowest BCUT2D eigenvalue weighted by Gasteiger charge is -2.16. The van der Waals surface area contributed by atoms with E-state index in [9.17, 15) is 4.79 Å². The standard InChI is InChI=1S/C22H16N6OS2/c29-21-14-8-4-5-9-15(14)23-18(28(21)13-6-2-1-3-7-13)12-30-22-24-16-10-11-17-20(19(16)25-22)27-31-26-17/h1-11,16,19H,12H2,(H,24,25)/t16-,19+/m1/s1. The first-order valence-corrected chi connectivity index (χ1v) is 11.5. The zero-order valence-corrected chi connectivity index (χ0v) is 17.8. The quantitative estimate of drug-likeness (QED) is 0.520. The number of rotatable bonds is 3. The highest BCUT2D eigenvalue weighted by atomic mass is 32.2. The van der Waals surface area contributed by atoms with Crippen LogP contribution in [0.25, 0.3) is 22.7 Å². The minimum Gasteiger partial charge on any atom is -0.356 e. The number of hydrogen-bond donors (Lipinski definition) is 1. The van der Waals surface area contributed by atoms with Crippen molar-refractivity contribution in [1.82, 2.24) is 23.6 Å². The average Bonchev–Trinajstić information content (AvgIpc) is 3.44. The van der Waals surface area contributed by atoms with Gasteiger partial charge >= 0.3 is 0 Å². The fraction of sp³-hybridized carbons (Fsp3) is 0.136. The summed E-state index contributed by atoms with van der Waals surface area (Å²) in [5.41, 5.74) is 3.26. The van der Waals surface area contributed by atoms with Crippen molar-refractivity contribution in [2.24, 2.45) is 4.99 Å². The number of amidine groups is 1. The van der Waals surface area contributed by atoms with Crippen molar-refractivity contribution in [1.29, 1.82) is 0 Å². The second-order valence-electron chi connectivity index (χ2n) is 7.25. The molecule has 0 unspecified atom stereocenters. The molecule has 0 saturated carbocycles. The second-order valence-corrected chi connectivity index (χ2v) is 8.75. The largest absolute Gasteiger partial charge is 0.356 e. The lowest BCUT2D eigenvalue weighted by molar-refractivity contribution is 0.621. The van der Waals surface area contributed by atoms with Crippen LogP contribution in [0.2, 0.25) is 0 Å². The van der Waals surface area contributed by atoms with Gasteiger partial charge in [-0.2, -0.15) is 8.75 Å². The molecule has 1 aliphatic carbocycles. The molecule has 152 valence electrons. The van der Waals surface area contributed by atoms with E-state index in [1.54, 1.807) is 16.3 Å². The lowest BCUT2D eigenvalue weighted by atomic mass is 9.99. The van der Waals surface area contributed by atoms with Gasteiger partial charge < -0.3 is 5.32 Å². The van der Waals surface area contributed by atoms with Crippen molar-refractivity contribution in [3.63, 3.8) is 0 Å². The number of aromatic nitrogens is 4. The van der Waals surface area contributed by atoms with Gasteiger partial charge in [0, 0.05) is 0 Å². The van der Waals surface area contributed by atoms with Gasteiger partial charge in [-0.3, -0.25) is 14.4 Å². The highest BCUT2D eigenvalue weighted by Gasteiger charge is 2.34. The van der Waals surface area contributed by atoms with Crippen molar-refractivity contribution in [2.75, 3.05) is 0 Å². The van der Waals surface area contributed by atoms with E-state index in [0.29, 0.717) is 22.5 Å². The number of nitrogens with one attached hydrogen (secondary N) is 1. The van der Waals surface area contributed by atoms with Crippen LogP contribution in [0.3, 0.4) is 0 Å². The molecule has 2 atom stereocenters. The normalized spacial score (nSPS) is 19.0. The average molecular weight is 445 g/mol. The molecule has 9 heteroatoms. The maximum Gasteiger partial charge on any atom is 0.265 e. The molecule has 0 bridgehead atoms. The Morgan fingerprint density at radius 2 is 1.90 bits per heavy atom. The summed E-state index contributed by atoms with van der Waals surface area (Å²) in [6.07, 6.45) is 4.08. The predicted molar refractivity (Wildman–Crippen MR) is 125 cm³/mol. The molecule has 31 heavy (non-hydrogen) atoms. The Labute approximate surface area is 185 Å². The summed E-state index contributed by atoms with van der Waals surface area (Å²) in [6, 6.07) is 17.1. The van der Waals surface area contributed by atoms with E-state index in [0.717, 1.165) is 22.2 Å². The number of aliphatic imine (C=N–C) groups is 1. The van der Waals surface area contributed by atoms with E-state index in [4.69, 9.17) is 9.98 Å². The molecule has 0 saturated heterocycles. The zero-order valence-electron chi connectivity index (χ0n) is 16.2. The van der Waals surface area contributed by atoms with Crippen LogP contribution < -0.4 is 10.9 Å². The smallest absolute Gasteiger partial charge is 0.265 e. The number of thioether (sulfide) groups is 1. The topological polar surface area (TPSA) is 85.1 Å². The highest BCUT2D eigenvalue weighted by molar-refractivity contribution is 8.13. The molecule has 0 fully saturated rings. The first-order chi connectivity index (χ1) is 15.3. The number of hydrogen-bond acceptors (Lipinski definition) is 8. The molecular formula is C22H16N6OS2. The molecule has 2 aliphatic rings. The Bertz CT molecular complexity index is 1410. The molecule has 7 nitrogen and oxygen atoms in total. The van der Waals surface area contributed by atoms with Crippen LogP contribution in [0, 0.1) is 0 Å². The molecule has 3 heterocycles. The van der Waals surface area contributed by atoms with Gasteiger partial charge in [0.25, 0.3) is 5.56 Å². The van der Waals surface area contributed by atoms with E-state index < -0.39 is 0 Å². The van der Waals surface area contributed by atoms with Crippen LogP contribution in [-0.4, -0.2) is 29.5 Å². The van der Waals surface area contributed by atoms with Gasteiger partial charge in [0.15, 0.2) is 5.17 Å². The summed E-state index contributed by atoms with van der Waals surface area (Å²) >= 11 is 2.76. The molecule has 2 aromatic heterocycles. The van der Waals surface area contributed by atoms with Crippen LogP contribution in [0.15, 0.2) is 70.5 Å². The number of para-hydroxylation sites is 2. The molecule has 4 aromatic rings. The van der Waals surface area contributed by atoms with Crippen molar-refractivity contribution in [2.45, 2.75) is 17.8 Å². The van der Waals surface area contributed by atoms with Crippen molar-refractivity contribution >= 4 is 45.6 Å². The maximum atomic E-state index is 13.3. The third-order valence-electron chi connectivity index (χ3n) is 5.37. The first-order valence-electron chi connectivity index (χ1n) is 9.82. The Kier molecular flexibility index (Phi) is 4.43. The third kappa shape index (κ3) is 3.17. The molecule has 0 spiro atoms. The number of nitrogens with zero attached hydrogens (tertiary/aromatic N) is 5. The van der Waals surface area contributed by atoms with E-state index in [2.05, 4.69) is 20.1 Å². The predicted octanol–water partition coefficient (Wildman–Crippen LogP) is 3.57. The Hall–Kier alpha value is -3.30. The maximum absolute atomic E-state index is 13.3. The molecule has 6 rings (SSSR count). The SMILES string of the molecule is O=c1c2ccccc2nc(CSC2=N[C@@H]3c4nsnc4C=C[C@H]3N2)n1-c1ccccc1. The minimum atomic E-state index is -0.0662. The molecular weight excluding hydrogens is 428 g/mol. The van der Waals surface area contributed by atoms with Gasteiger partial charge in [-0.25, -0.2) is 4.98 Å². The highest BCUT2D eigenvalue weighted by Crippen LogP contribution is 2.34. The molecule has 1 aliphatic heterocycles. The van der Waals surface area contributed by atoms with Gasteiger partial charge in [0.1, 0.15) is 23.3 Å². The zero-order chi connectivity index (χ0) is 20.8. The van der Waals surface area contributed by atoms with E-state index in [1.165, 1.54) is 11.7 Å². The van der Waals surface area contributed by atoms with Crippen LogP contribution >= 0.6 is 23.5 Å². The molecule has 2 aromatic carbocycles. The van der Waals surface area contributed by atoms with Crippen LogP contribution in [0.1, 0.15) is 23.3 Å². The summed E-state index contributed by atoms with van der Waals surface area (Å²) < 4.78 is 10.4. The van der Waals surface area contributed by atoms with E-state index >= 15 is 0 Å². The molecule has 1 N–H and O–H groups in total. The Morgan fingerprint density at radius 1 is 1.06 bits per heavy atom. The summed E-state index contributed by atoms with van der Waals surface area (Å²) in [6.45, 7) is 0. The third-order valence-corrected chi connectivity index (χ3v) is 6.82. The first kappa shape index (κ1) is 18.5. The van der Waals surface area contributed by atoms with Gasteiger partial charge in [0.05, 0.1) is 40.1 Å². The fourth-order valence-electron chi connectivity index (χ4n) is 3.90. The van der Waals surface area contributed by atoms with Gasteiger partial charge in [-0.1, -0.05) is 48.2 Å². The second kappa shape index (κ2) is 7.44. The Morgan fingerprint density at radius 3 is 2.81 bits per heavy atom. The van der Waals surface area contributed by atoms with Gasteiger partial charge in [-0.15, -0.1) is 0 Å². The Balaban J connectivity index is 1.36. The summed E-state index contributed by atoms with van der Waals surface area (Å²) in [5, 5.41) is 4.88. The summed E-state index contributed by atoms with van der Waals surface area (Å²) in [4.78, 5) is 23.0. The molecule has 0 radical (unpaired) electrons. The van der Waals surface area contributed by atoms with Gasteiger partial charge in [0.2, 0.25) is 0 Å². The van der Waals surface area contributed by atoms with Crippen molar-refractivity contribution in [3.05, 3.63) is 88.2 Å². The fourth-order valence-corrected chi connectivity index (χ4v) is 5.34. The van der Waals surface area contributed by atoms with Crippen molar-refractivity contribution < 1.29 is 0 Å². The van der Waals surface area contributed by atoms with Crippen LogP contribution in [-0.2, 0) is 5.75 Å². The number of benzene rings is 2.